The number of hydrogen-bond acceptors (Lipinski definition) is 3. The Morgan fingerprint density at radius 2 is 1.52 bits per heavy atom. The molecular weight excluding hydrogens is 380 g/mol. The van der Waals surface area contributed by atoms with Crippen LogP contribution in [0.1, 0.15) is 31.9 Å². The molecule has 2 aromatic rings. The first-order valence-electron chi connectivity index (χ1n) is 10.2. The van der Waals surface area contributed by atoms with E-state index >= 15 is 0 Å². The third-order valence-corrected chi connectivity index (χ3v) is 5.66. The third kappa shape index (κ3) is 8.32. The molecule has 0 radical (unpaired) electrons. The van der Waals surface area contributed by atoms with Crippen molar-refractivity contribution in [1.82, 2.24) is 10.2 Å². The van der Waals surface area contributed by atoms with Crippen LogP contribution in [0.15, 0.2) is 60.7 Å². The Labute approximate surface area is 179 Å². The van der Waals surface area contributed by atoms with Crippen LogP contribution < -0.4 is 5.32 Å². The van der Waals surface area contributed by atoms with Crippen LogP contribution in [0.5, 0.6) is 0 Å². The number of carbonyl (C=O) groups excluding carboxylic acids is 2. The molecule has 0 saturated heterocycles. The summed E-state index contributed by atoms with van der Waals surface area (Å²) in [5.41, 5.74) is 2.36. The van der Waals surface area contributed by atoms with Crippen molar-refractivity contribution >= 4 is 23.6 Å². The van der Waals surface area contributed by atoms with Crippen LogP contribution in [0, 0.1) is 5.92 Å². The van der Waals surface area contributed by atoms with E-state index in [1.807, 2.05) is 43.3 Å². The minimum atomic E-state index is -0.484. The maximum atomic E-state index is 13.0. The molecule has 0 saturated carbocycles. The van der Waals surface area contributed by atoms with E-state index in [9.17, 15) is 9.59 Å². The van der Waals surface area contributed by atoms with Crippen molar-refractivity contribution in [3.8, 4) is 0 Å². The summed E-state index contributed by atoms with van der Waals surface area (Å²) in [6.45, 7) is 7.09. The van der Waals surface area contributed by atoms with Gasteiger partial charge in [0.1, 0.15) is 6.04 Å². The molecule has 0 aliphatic rings. The lowest BCUT2D eigenvalue weighted by molar-refractivity contribution is -0.138. The number of nitrogens with one attached hydrogen (secondary N) is 1. The van der Waals surface area contributed by atoms with Gasteiger partial charge < -0.3 is 10.2 Å². The van der Waals surface area contributed by atoms with Crippen LogP contribution in [0.4, 0.5) is 0 Å². The van der Waals surface area contributed by atoms with Crippen molar-refractivity contribution < 1.29 is 9.59 Å². The highest BCUT2D eigenvalue weighted by Crippen LogP contribution is 2.14. The van der Waals surface area contributed by atoms with Crippen molar-refractivity contribution in [2.24, 2.45) is 5.92 Å². The number of benzene rings is 2. The van der Waals surface area contributed by atoms with E-state index < -0.39 is 6.04 Å². The molecule has 0 bridgehead atoms. The third-order valence-electron chi connectivity index (χ3n) is 4.67. The zero-order valence-electron chi connectivity index (χ0n) is 17.6. The maximum Gasteiger partial charge on any atom is 0.242 e. The standard InChI is InChI=1S/C24H32N2O2S/c1-19(2)16-25-24(28)20(3)26(15-14-21-10-6-4-7-11-21)23(27)18-29-17-22-12-8-5-9-13-22/h4-13,19-20H,14-18H2,1-3H3,(H,25,28). The minimum absolute atomic E-state index is 0.00839. The second-order valence-corrected chi connectivity index (χ2v) is 8.60. The fourth-order valence-electron chi connectivity index (χ4n) is 2.94. The highest BCUT2D eigenvalue weighted by Gasteiger charge is 2.25. The van der Waals surface area contributed by atoms with Crippen LogP contribution in [0.25, 0.3) is 0 Å². The second kappa shape index (κ2) is 12.3. The van der Waals surface area contributed by atoms with E-state index in [1.54, 1.807) is 16.7 Å². The lowest BCUT2D eigenvalue weighted by atomic mass is 10.1. The predicted octanol–water partition coefficient (Wildman–Crippen LogP) is 4.15. The molecule has 1 atom stereocenters. The Morgan fingerprint density at radius 3 is 2.10 bits per heavy atom. The molecular formula is C24H32N2O2S. The van der Waals surface area contributed by atoms with Crippen LogP contribution in [0.2, 0.25) is 0 Å². The van der Waals surface area contributed by atoms with Crippen LogP contribution >= 0.6 is 11.8 Å². The molecule has 0 heterocycles. The first-order valence-corrected chi connectivity index (χ1v) is 11.4. The summed E-state index contributed by atoms with van der Waals surface area (Å²) in [6, 6.07) is 19.7. The van der Waals surface area contributed by atoms with E-state index in [1.165, 1.54) is 5.56 Å². The number of thioether (sulfide) groups is 1. The molecule has 0 spiro atoms. The zero-order chi connectivity index (χ0) is 21.1. The summed E-state index contributed by atoms with van der Waals surface area (Å²) in [7, 11) is 0. The van der Waals surface area contributed by atoms with Crippen LogP contribution in [-0.4, -0.2) is 41.6 Å². The Morgan fingerprint density at radius 1 is 0.931 bits per heavy atom. The molecule has 29 heavy (non-hydrogen) atoms. The highest BCUT2D eigenvalue weighted by atomic mass is 32.2. The van der Waals surface area contributed by atoms with Gasteiger partial charge in [-0.25, -0.2) is 0 Å². The molecule has 0 aliphatic carbocycles. The summed E-state index contributed by atoms with van der Waals surface area (Å²) in [6.07, 6.45) is 0.734. The minimum Gasteiger partial charge on any atom is -0.354 e. The molecule has 1 unspecified atom stereocenters. The summed E-state index contributed by atoms with van der Waals surface area (Å²) in [5.74, 6) is 1.45. The SMILES string of the molecule is CC(C)CNC(=O)C(C)N(CCc1ccccc1)C(=O)CSCc1ccccc1. The normalized spacial score (nSPS) is 11.9. The molecule has 2 amide bonds. The van der Waals surface area contributed by atoms with Gasteiger partial charge in [0.2, 0.25) is 11.8 Å². The first-order chi connectivity index (χ1) is 14.0. The number of amides is 2. The molecule has 2 rings (SSSR count). The van der Waals surface area contributed by atoms with Gasteiger partial charge in [-0.2, -0.15) is 0 Å². The molecule has 5 heteroatoms. The molecule has 4 nitrogen and oxygen atoms in total. The summed E-state index contributed by atoms with van der Waals surface area (Å²) in [5, 5.41) is 2.96. The molecule has 1 N–H and O–H groups in total. The van der Waals surface area contributed by atoms with Gasteiger partial charge in [-0.05, 0) is 30.4 Å². The first kappa shape index (κ1) is 23.0. The molecule has 0 aromatic heterocycles. The van der Waals surface area contributed by atoms with E-state index in [-0.39, 0.29) is 11.8 Å². The van der Waals surface area contributed by atoms with Gasteiger partial charge in [-0.3, -0.25) is 9.59 Å². The van der Waals surface area contributed by atoms with Crippen molar-refractivity contribution in [3.05, 3.63) is 71.8 Å². The highest BCUT2D eigenvalue weighted by molar-refractivity contribution is 7.99. The largest absolute Gasteiger partial charge is 0.354 e. The summed E-state index contributed by atoms with van der Waals surface area (Å²) < 4.78 is 0. The average molecular weight is 413 g/mol. The van der Waals surface area contributed by atoms with E-state index in [0.717, 1.165) is 17.7 Å². The van der Waals surface area contributed by atoms with E-state index in [4.69, 9.17) is 0 Å². The Bertz CT molecular complexity index is 750. The molecule has 0 fully saturated rings. The Hall–Kier alpha value is -2.27. The van der Waals surface area contributed by atoms with Crippen molar-refractivity contribution in [2.75, 3.05) is 18.8 Å². The van der Waals surface area contributed by atoms with E-state index in [2.05, 4.69) is 43.4 Å². The molecule has 0 aliphatic heterocycles. The average Bonchev–Trinajstić information content (AvgIpc) is 2.73. The van der Waals surface area contributed by atoms with Crippen LogP contribution in [0.3, 0.4) is 0 Å². The molecule has 2 aromatic carbocycles. The van der Waals surface area contributed by atoms with Gasteiger partial charge in [0, 0.05) is 18.8 Å². The lowest BCUT2D eigenvalue weighted by Crippen LogP contribution is -2.50. The Kier molecular flexibility index (Phi) is 9.78. The fourth-order valence-corrected chi connectivity index (χ4v) is 3.81. The number of hydrogen-bond donors (Lipinski definition) is 1. The van der Waals surface area contributed by atoms with Gasteiger partial charge in [0.15, 0.2) is 0 Å². The van der Waals surface area contributed by atoms with E-state index in [0.29, 0.717) is 24.8 Å². The van der Waals surface area contributed by atoms with Gasteiger partial charge in [-0.1, -0.05) is 74.5 Å². The number of nitrogens with zero attached hydrogens (tertiary/aromatic N) is 1. The van der Waals surface area contributed by atoms with Crippen molar-refractivity contribution in [1.29, 1.82) is 0 Å². The van der Waals surface area contributed by atoms with Crippen molar-refractivity contribution in [3.63, 3.8) is 0 Å². The van der Waals surface area contributed by atoms with Gasteiger partial charge in [-0.15, -0.1) is 11.8 Å². The fraction of sp³-hybridized carbons (Fsp3) is 0.417. The predicted molar refractivity (Wildman–Crippen MR) is 122 cm³/mol. The quantitative estimate of drug-likeness (QED) is 0.603. The monoisotopic (exact) mass is 412 g/mol. The molecule has 156 valence electrons. The zero-order valence-corrected chi connectivity index (χ0v) is 18.5. The Balaban J connectivity index is 1.97. The smallest absolute Gasteiger partial charge is 0.242 e. The number of rotatable bonds is 11. The van der Waals surface area contributed by atoms with Gasteiger partial charge in [0.25, 0.3) is 0 Å². The van der Waals surface area contributed by atoms with Gasteiger partial charge in [0.05, 0.1) is 5.75 Å². The van der Waals surface area contributed by atoms with Crippen LogP contribution in [-0.2, 0) is 21.8 Å². The van der Waals surface area contributed by atoms with Crippen molar-refractivity contribution in [2.45, 2.75) is 39.0 Å². The second-order valence-electron chi connectivity index (χ2n) is 7.62. The summed E-state index contributed by atoms with van der Waals surface area (Å²) in [4.78, 5) is 27.3. The topological polar surface area (TPSA) is 49.4 Å². The summed E-state index contributed by atoms with van der Waals surface area (Å²) >= 11 is 1.59. The van der Waals surface area contributed by atoms with Gasteiger partial charge >= 0.3 is 0 Å². The number of carbonyl (C=O) groups is 2. The lowest BCUT2D eigenvalue weighted by Gasteiger charge is -2.29. The maximum absolute atomic E-state index is 13.0.